The number of aliphatic hydroxyl groups is 1. The second-order valence-corrected chi connectivity index (χ2v) is 33.6. The largest absolute Gasteiger partial charge is 0.472 e. The number of ether oxygens (including phenoxy) is 4. The Hall–Kier alpha value is -1.94. The third-order valence-corrected chi connectivity index (χ3v) is 20.5. The normalized spacial score (nSPS) is 14.1. The van der Waals surface area contributed by atoms with Crippen molar-refractivity contribution in [1.82, 2.24) is 0 Å². The molecule has 0 aromatic carbocycles. The Kier molecular flexibility index (Phi) is 67.8. The van der Waals surface area contributed by atoms with Gasteiger partial charge in [-0.2, -0.15) is 0 Å². The molecule has 0 amide bonds. The first-order chi connectivity index (χ1) is 47.6. The molecule has 5 atom stereocenters. The second-order valence-electron chi connectivity index (χ2n) is 30.7. The first-order valence-corrected chi connectivity index (χ1v) is 44.2. The van der Waals surface area contributed by atoms with E-state index >= 15 is 0 Å². The predicted molar refractivity (Wildman–Crippen MR) is 404 cm³/mol. The van der Waals surface area contributed by atoms with Crippen LogP contribution < -0.4 is 0 Å². The van der Waals surface area contributed by atoms with E-state index in [9.17, 15) is 43.2 Å². The average molecular weight is 1450 g/mol. The molecule has 0 saturated heterocycles. The van der Waals surface area contributed by atoms with E-state index in [2.05, 4.69) is 55.4 Å². The van der Waals surface area contributed by atoms with Gasteiger partial charge in [0.15, 0.2) is 12.2 Å². The van der Waals surface area contributed by atoms with E-state index in [1.165, 1.54) is 205 Å². The SMILES string of the molecule is CC(C)CCCCCCCCCCCCCCCCCCCCC(=O)O[C@H](COC(=O)CCCCCCCCCCCCCCC(C)C)COP(=O)(O)OCC(O)COP(=O)(O)OC[C@@H](COC(=O)CCCCCCCCCC(C)C)OC(=O)CCCCCCCCCCCCC(C)C. The Labute approximate surface area is 607 Å². The molecule has 0 aromatic rings. The number of carbonyl (C=O) groups is 4. The first-order valence-electron chi connectivity index (χ1n) is 41.2. The fraction of sp³-hybridized carbons (Fsp3) is 0.950. The number of unbranched alkanes of at least 4 members (excludes halogenated alkanes) is 43. The monoisotopic (exact) mass is 1450 g/mol. The van der Waals surface area contributed by atoms with Crippen LogP contribution in [0.15, 0.2) is 0 Å². The maximum atomic E-state index is 13.1. The molecule has 3 N–H and O–H groups in total. The molecular weight excluding hydrogens is 1290 g/mol. The van der Waals surface area contributed by atoms with Crippen molar-refractivity contribution < 1.29 is 80.2 Å². The summed E-state index contributed by atoms with van der Waals surface area (Å²) in [5.41, 5.74) is 0. The average Bonchev–Trinajstić information content (AvgIpc) is 0.996. The van der Waals surface area contributed by atoms with E-state index in [0.29, 0.717) is 31.6 Å². The number of phosphoric ester groups is 2. The molecule has 99 heavy (non-hydrogen) atoms. The fourth-order valence-corrected chi connectivity index (χ4v) is 13.8. The molecule has 0 rings (SSSR count). The number of esters is 4. The summed E-state index contributed by atoms with van der Waals surface area (Å²) in [6, 6.07) is 0. The quantitative estimate of drug-likeness (QED) is 0.0222. The topological polar surface area (TPSA) is 237 Å². The van der Waals surface area contributed by atoms with Crippen LogP contribution in [0.3, 0.4) is 0 Å². The van der Waals surface area contributed by atoms with E-state index in [0.717, 1.165) is 114 Å². The summed E-state index contributed by atoms with van der Waals surface area (Å²) >= 11 is 0. The van der Waals surface area contributed by atoms with Gasteiger partial charge in [0, 0.05) is 25.7 Å². The minimum absolute atomic E-state index is 0.105. The number of aliphatic hydroxyl groups excluding tert-OH is 1. The molecule has 0 fully saturated rings. The molecule has 0 saturated carbocycles. The summed E-state index contributed by atoms with van der Waals surface area (Å²) in [5, 5.41) is 10.6. The highest BCUT2D eigenvalue weighted by molar-refractivity contribution is 7.47. The Morgan fingerprint density at radius 1 is 0.253 bits per heavy atom. The van der Waals surface area contributed by atoms with Gasteiger partial charge in [-0.3, -0.25) is 37.3 Å². The zero-order chi connectivity index (χ0) is 73.1. The van der Waals surface area contributed by atoms with E-state index in [1.807, 2.05) is 0 Å². The zero-order valence-corrected chi connectivity index (χ0v) is 66.9. The van der Waals surface area contributed by atoms with Crippen molar-refractivity contribution in [3.8, 4) is 0 Å². The highest BCUT2D eigenvalue weighted by atomic mass is 31.2. The lowest BCUT2D eigenvalue weighted by Gasteiger charge is -2.21. The van der Waals surface area contributed by atoms with E-state index in [1.54, 1.807) is 0 Å². The Morgan fingerprint density at radius 3 is 0.626 bits per heavy atom. The van der Waals surface area contributed by atoms with Crippen LogP contribution in [0.4, 0.5) is 0 Å². The van der Waals surface area contributed by atoms with Crippen LogP contribution >= 0.6 is 15.6 Å². The third-order valence-electron chi connectivity index (χ3n) is 18.6. The Morgan fingerprint density at radius 2 is 0.424 bits per heavy atom. The number of carbonyl (C=O) groups excluding carboxylic acids is 4. The van der Waals surface area contributed by atoms with Crippen molar-refractivity contribution in [3.63, 3.8) is 0 Å². The van der Waals surface area contributed by atoms with Crippen molar-refractivity contribution in [2.24, 2.45) is 23.7 Å². The molecule has 0 aliphatic heterocycles. The van der Waals surface area contributed by atoms with Gasteiger partial charge in [-0.15, -0.1) is 0 Å². The molecule has 0 radical (unpaired) electrons. The summed E-state index contributed by atoms with van der Waals surface area (Å²) in [6.45, 7) is 14.2. The van der Waals surface area contributed by atoms with Crippen LogP contribution in [0, 0.1) is 23.7 Å². The molecule has 0 bridgehead atoms. The summed E-state index contributed by atoms with van der Waals surface area (Å²) in [7, 11) is -9.92. The third kappa shape index (κ3) is 74.1. The maximum Gasteiger partial charge on any atom is 0.472 e. The van der Waals surface area contributed by atoms with Gasteiger partial charge in [0.2, 0.25) is 0 Å². The molecule has 588 valence electrons. The highest BCUT2D eigenvalue weighted by Gasteiger charge is 2.30. The smallest absolute Gasteiger partial charge is 0.462 e. The number of phosphoric acid groups is 2. The maximum absolute atomic E-state index is 13.1. The van der Waals surface area contributed by atoms with Crippen molar-refractivity contribution >= 4 is 39.5 Å². The summed E-state index contributed by atoms with van der Waals surface area (Å²) in [6.07, 6.45) is 55.6. The Balaban J connectivity index is 5.22. The molecule has 3 unspecified atom stereocenters. The van der Waals surface area contributed by atoms with Gasteiger partial charge in [-0.1, -0.05) is 357 Å². The minimum Gasteiger partial charge on any atom is -0.462 e. The second kappa shape index (κ2) is 69.1. The van der Waals surface area contributed by atoms with E-state index in [4.69, 9.17) is 37.0 Å². The summed E-state index contributed by atoms with van der Waals surface area (Å²) in [5.74, 6) is 0.942. The zero-order valence-electron chi connectivity index (χ0n) is 65.1. The highest BCUT2D eigenvalue weighted by Crippen LogP contribution is 2.45. The van der Waals surface area contributed by atoms with Crippen LogP contribution in [0.25, 0.3) is 0 Å². The summed E-state index contributed by atoms with van der Waals surface area (Å²) in [4.78, 5) is 72.9. The van der Waals surface area contributed by atoms with Gasteiger partial charge in [0.1, 0.15) is 19.3 Å². The van der Waals surface area contributed by atoms with Gasteiger partial charge in [-0.25, -0.2) is 9.13 Å². The Bertz CT molecular complexity index is 1940. The van der Waals surface area contributed by atoms with Crippen LogP contribution in [-0.2, 0) is 65.4 Å². The molecule has 19 heteroatoms. The van der Waals surface area contributed by atoms with Crippen molar-refractivity contribution in [1.29, 1.82) is 0 Å². The molecule has 0 heterocycles. The number of hydrogen-bond acceptors (Lipinski definition) is 15. The van der Waals surface area contributed by atoms with Crippen LogP contribution in [0.5, 0.6) is 0 Å². The minimum atomic E-state index is -4.96. The van der Waals surface area contributed by atoms with Crippen LogP contribution in [0.2, 0.25) is 0 Å². The molecule has 0 aromatic heterocycles. The lowest BCUT2D eigenvalue weighted by atomic mass is 10.0. The van der Waals surface area contributed by atoms with Gasteiger partial charge >= 0.3 is 39.5 Å². The first kappa shape index (κ1) is 97.1. The van der Waals surface area contributed by atoms with Gasteiger partial charge in [0.05, 0.1) is 26.4 Å². The fourth-order valence-electron chi connectivity index (χ4n) is 12.3. The standard InChI is InChI=1S/C80H156O17P2/c1-70(2)56-48-40-32-25-19-15-13-11-9-10-12-14-16-22-29-37-46-54-62-79(84)96-75(66-90-77(82)60-52-44-36-28-21-18-17-20-26-33-41-49-57-71(3)4)68-94-98(86,87)92-64-74(81)65-93-99(88,89)95-69-76(67-91-78(83)61-53-45-39-31-35-43-51-59-73(7)8)97-80(85)63-55-47-38-30-24-23-27-34-42-50-58-72(5)6/h70-76,81H,9-69H2,1-8H3,(H,86,87)(H,88,89)/t74?,75-,76-/m1/s1. The van der Waals surface area contributed by atoms with Gasteiger partial charge < -0.3 is 33.8 Å². The summed E-state index contributed by atoms with van der Waals surface area (Å²) < 4.78 is 68.6. The van der Waals surface area contributed by atoms with E-state index in [-0.39, 0.29) is 25.7 Å². The van der Waals surface area contributed by atoms with Crippen molar-refractivity contribution in [2.45, 2.75) is 427 Å². The molecule has 17 nitrogen and oxygen atoms in total. The van der Waals surface area contributed by atoms with E-state index < -0.39 is 97.5 Å². The van der Waals surface area contributed by atoms with Crippen LogP contribution in [0.1, 0.15) is 409 Å². The van der Waals surface area contributed by atoms with Crippen LogP contribution in [-0.4, -0.2) is 96.7 Å². The van der Waals surface area contributed by atoms with Gasteiger partial charge in [-0.05, 0) is 49.4 Å². The lowest BCUT2D eigenvalue weighted by Crippen LogP contribution is -2.30. The van der Waals surface area contributed by atoms with Gasteiger partial charge in [0.25, 0.3) is 0 Å². The number of rotatable bonds is 77. The predicted octanol–water partition coefficient (Wildman–Crippen LogP) is 23.6. The van der Waals surface area contributed by atoms with Crippen molar-refractivity contribution in [3.05, 3.63) is 0 Å². The molecular formula is C80H156O17P2. The lowest BCUT2D eigenvalue weighted by molar-refractivity contribution is -0.161. The molecule has 0 spiro atoms. The molecule has 0 aliphatic rings. The molecule has 0 aliphatic carbocycles. The van der Waals surface area contributed by atoms with Crippen molar-refractivity contribution in [2.75, 3.05) is 39.6 Å². The number of hydrogen-bond donors (Lipinski definition) is 3.